The molecule has 200 valence electrons. The molecular weight excluding hydrogens is 452 g/mol. The van der Waals surface area contributed by atoms with Crippen LogP contribution in [0, 0.1) is 11.8 Å². The molecule has 0 spiro atoms. The molecule has 0 aliphatic heterocycles. The molecule has 5 unspecified atom stereocenters. The van der Waals surface area contributed by atoms with Gasteiger partial charge in [0.25, 0.3) is 0 Å². The maximum absolute atomic E-state index is 10.6. The molecule has 37 heavy (non-hydrogen) atoms. The molecule has 0 bridgehead atoms. The van der Waals surface area contributed by atoms with Gasteiger partial charge in [0.2, 0.25) is 0 Å². The van der Waals surface area contributed by atoms with Crippen molar-refractivity contribution in [3.05, 3.63) is 76.4 Å². The number of hydrogen-bond acceptors (Lipinski definition) is 2. The van der Waals surface area contributed by atoms with Gasteiger partial charge in [-0.1, -0.05) is 75.3 Å². The Bertz CT molecular complexity index is 1110. The number of fused-ring (bicyclic) bond motifs is 2. The summed E-state index contributed by atoms with van der Waals surface area (Å²) < 4.78 is 6.93. The van der Waals surface area contributed by atoms with Gasteiger partial charge in [0.05, 0.1) is 17.8 Å². The maximum Gasteiger partial charge on any atom is 0.0790 e. The molecule has 1 N–H and O–H groups in total. The molecule has 4 aliphatic carbocycles. The summed E-state index contributed by atoms with van der Waals surface area (Å²) >= 11 is 0. The summed E-state index contributed by atoms with van der Waals surface area (Å²) in [5, 5.41) is 10.6. The van der Waals surface area contributed by atoms with Gasteiger partial charge in [-0.15, -0.1) is 0 Å². The van der Waals surface area contributed by atoms with Crippen LogP contribution >= 0.6 is 0 Å². The van der Waals surface area contributed by atoms with Crippen LogP contribution in [0.3, 0.4) is 0 Å². The van der Waals surface area contributed by atoms with Crippen molar-refractivity contribution in [2.75, 3.05) is 0 Å². The van der Waals surface area contributed by atoms with Crippen molar-refractivity contribution < 1.29 is 9.84 Å². The first kappa shape index (κ1) is 26.7. The smallest absolute Gasteiger partial charge is 0.0790 e. The standard InChI is InChI=1S/C35H48O2/c1-6-20-34(5,21-7-2)37-33-19-17-27(23-25(33)4)35(26-16-18-32(36)24(3)22-26)30-14-10-8-12-28(30)29-13-9-11-15-31(29)35/h8,10-12,14-15,22-23,26-27,32-33,36H,6-7,9,13,16-21H2,1-5H3. The molecule has 0 saturated heterocycles. The van der Waals surface area contributed by atoms with Crippen molar-refractivity contribution in [2.24, 2.45) is 11.8 Å². The van der Waals surface area contributed by atoms with Gasteiger partial charge < -0.3 is 9.84 Å². The Morgan fingerprint density at radius 1 is 0.946 bits per heavy atom. The molecule has 0 radical (unpaired) electrons. The second kappa shape index (κ2) is 10.7. The van der Waals surface area contributed by atoms with E-state index in [1.165, 1.54) is 16.7 Å². The number of benzene rings is 1. The number of hydrogen-bond donors (Lipinski definition) is 1. The van der Waals surface area contributed by atoms with Crippen molar-refractivity contribution in [1.29, 1.82) is 0 Å². The molecule has 1 aromatic carbocycles. The average molecular weight is 501 g/mol. The first-order chi connectivity index (χ1) is 17.8. The van der Waals surface area contributed by atoms with Gasteiger partial charge in [0.15, 0.2) is 0 Å². The molecule has 1 aromatic rings. The minimum Gasteiger partial charge on any atom is -0.389 e. The first-order valence-electron chi connectivity index (χ1n) is 15.1. The Balaban J connectivity index is 1.59. The van der Waals surface area contributed by atoms with E-state index in [0.717, 1.165) is 69.8 Å². The topological polar surface area (TPSA) is 29.5 Å². The molecule has 0 aromatic heterocycles. The zero-order valence-corrected chi connectivity index (χ0v) is 23.9. The van der Waals surface area contributed by atoms with E-state index >= 15 is 0 Å². The van der Waals surface area contributed by atoms with Crippen LogP contribution in [-0.2, 0) is 10.2 Å². The third-order valence-electron chi connectivity index (χ3n) is 9.92. The Morgan fingerprint density at radius 3 is 2.30 bits per heavy atom. The van der Waals surface area contributed by atoms with E-state index in [4.69, 9.17) is 4.74 Å². The van der Waals surface area contributed by atoms with Gasteiger partial charge in [-0.2, -0.15) is 0 Å². The summed E-state index contributed by atoms with van der Waals surface area (Å²) in [6, 6.07) is 9.25. The van der Waals surface area contributed by atoms with Crippen LogP contribution in [-0.4, -0.2) is 22.9 Å². The SMILES string of the molecule is CCCC(C)(CCC)OC1CCC(C2(C3C=C(C)C(O)CC3)C3=C(CCC=C3)c3ccccc32)C=C1C. The van der Waals surface area contributed by atoms with Crippen LogP contribution in [0.15, 0.2) is 65.3 Å². The predicted octanol–water partition coefficient (Wildman–Crippen LogP) is 8.86. The normalized spacial score (nSPS) is 31.6. The van der Waals surface area contributed by atoms with E-state index in [0.29, 0.717) is 11.8 Å². The van der Waals surface area contributed by atoms with Crippen molar-refractivity contribution in [2.45, 2.75) is 122 Å². The maximum atomic E-state index is 10.6. The Morgan fingerprint density at radius 2 is 1.62 bits per heavy atom. The quantitative estimate of drug-likeness (QED) is 0.361. The number of aliphatic hydroxyl groups is 1. The number of ether oxygens (including phenoxy) is 1. The van der Waals surface area contributed by atoms with Gasteiger partial charge in [0.1, 0.15) is 0 Å². The summed E-state index contributed by atoms with van der Waals surface area (Å²) in [5.41, 5.74) is 8.58. The summed E-state index contributed by atoms with van der Waals surface area (Å²) in [4.78, 5) is 0. The van der Waals surface area contributed by atoms with Crippen LogP contribution in [0.1, 0.15) is 110 Å². The van der Waals surface area contributed by atoms with E-state index in [-0.39, 0.29) is 23.2 Å². The van der Waals surface area contributed by atoms with Gasteiger partial charge in [0, 0.05) is 5.41 Å². The number of rotatable bonds is 8. The lowest BCUT2D eigenvalue weighted by atomic mass is 9.55. The third-order valence-corrected chi connectivity index (χ3v) is 9.92. The van der Waals surface area contributed by atoms with Crippen LogP contribution in [0.2, 0.25) is 0 Å². The van der Waals surface area contributed by atoms with Gasteiger partial charge in [-0.25, -0.2) is 0 Å². The van der Waals surface area contributed by atoms with Gasteiger partial charge in [-0.3, -0.25) is 0 Å². The second-order valence-electron chi connectivity index (χ2n) is 12.5. The molecule has 5 atom stereocenters. The van der Waals surface area contributed by atoms with Crippen molar-refractivity contribution in [3.63, 3.8) is 0 Å². The molecule has 0 heterocycles. The Hall–Kier alpha value is -1.90. The highest BCUT2D eigenvalue weighted by atomic mass is 16.5. The fourth-order valence-electron chi connectivity index (χ4n) is 8.31. The zero-order valence-electron chi connectivity index (χ0n) is 23.9. The molecule has 0 saturated carbocycles. The molecule has 0 amide bonds. The predicted molar refractivity (Wildman–Crippen MR) is 155 cm³/mol. The lowest BCUT2D eigenvalue weighted by Crippen LogP contribution is -2.45. The first-order valence-corrected chi connectivity index (χ1v) is 15.1. The summed E-state index contributed by atoms with van der Waals surface area (Å²) in [6.45, 7) is 11.3. The molecule has 5 rings (SSSR count). The molecular formula is C35H48O2. The van der Waals surface area contributed by atoms with Crippen LogP contribution in [0.4, 0.5) is 0 Å². The van der Waals surface area contributed by atoms with Crippen molar-refractivity contribution >= 4 is 5.57 Å². The largest absolute Gasteiger partial charge is 0.389 e. The summed E-state index contributed by atoms with van der Waals surface area (Å²) in [7, 11) is 0. The highest BCUT2D eigenvalue weighted by molar-refractivity contribution is 5.84. The van der Waals surface area contributed by atoms with Crippen molar-refractivity contribution in [1.82, 2.24) is 0 Å². The van der Waals surface area contributed by atoms with Crippen LogP contribution in [0.5, 0.6) is 0 Å². The Kier molecular flexibility index (Phi) is 7.72. The minimum atomic E-state index is -0.295. The average Bonchev–Trinajstić information content (AvgIpc) is 3.19. The zero-order chi connectivity index (χ0) is 26.2. The van der Waals surface area contributed by atoms with Crippen molar-refractivity contribution in [3.8, 4) is 0 Å². The lowest BCUT2D eigenvalue weighted by molar-refractivity contribution is -0.0857. The second-order valence-corrected chi connectivity index (χ2v) is 12.5. The highest BCUT2D eigenvalue weighted by Crippen LogP contribution is 2.61. The molecule has 2 heteroatoms. The van der Waals surface area contributed by atoms with Gasteiger partial charge in [-0.05, 0) is 117 Å². The number of allylic oxidation sites excluding steroid dienone is 6. The molecule has 4 aliphatic rings. The molecule has 0 fully saturated rings. The minimum absolute atomic E-state index is 0.0328. The van der Waals surface area contributed by atoms with E-state index in [1.807, 2.05) is 0 Å². The van der Waals surface area contributed by atoms with Crippen LogP contribution in [0.25, 0.3) is 5.57 Å². The third kappa shape index (κ3) is 4.63. The number of aliphatic hydroxyl groups excluding tert-OH is 1. The van der Waals surface area contributed by atoms with Gasteiger partial charge >= 0.3 is 0 Å². The Labute approximate surface area is 225 Å². The monoisotopic (exact) mass is 500 g/mol. The van der Waals surface area contributed by atoms with E-state index in [2.05, 4.69) is 83.2 Å². The van der Waals surface area contributed by atoms with E-state index < -0.39 is 0 Å². The summed E-state index contributed by atoms with van der Waals surface area (Å²) in [6.07, 6.45) is 20.8. The highest BCUT2D eigenvalue weighted by Gasteiger charge is 2.54. The fourth-order valence-corrected chi connectivity index (χ4v) is 8.31. The van der Waals surface area contributed by atoms with E-state index in [1.54, 1.807) is 11.1 Å². The fraction of sp³-hybridized carbons (Fsp3) is 0.600. The summed E-state index contributed by atoms with van der Waals surface area (Å²) in [5.74, 6) is 0.820. The lowest BCUT2D eigenvalue weighted by Gasteiger charge is -2.49. The molecule has 2 nitrogen and oxygen atoms in total. The van der Waals surface area contributed by atoms with E-state index in [9.17, 15) is 5.11 Å². The van der Waals surface area contributed by atoms with Crippen LogP contribution < -0.4 is 0 Å².